The highest BCUT2D eigenvalue weighted by molar-refractivity contribution is 5.20. The van der Waals surface area contributed by atoms with Gasteiger partial charge in [0.25, 0.3) is 0 Å². The molecule has 1 aromatic rings. The fraction of sp³-hybridized carbons (Fsp3) is 0.333. The van der Waals surface area contributed by atoms with Crippen LogP contribution in [-0.4, -0.2) is 24.5 Å². The molecular weight excluding hydrogens is 172 g/mol. The molecule has 0 saturated heterocycles. The molecule has 1 heterocycles. The average Bonchev–Trinajstić information content (AvgIpc) is 2.74. The van der Waals surface area contributed by atoms with Crippen molar-refractivity contribution in [2.45, 2.75) is 6.04 Å². The van der Waals surface area contributed by atoms with Crippen LogP contribution >= 0.6 is 0 Å². The molecule has 1 aliphatic rings. The lowest BCUT2D eigenvalue weighted by atomic mass is 10.1. The first-order valence-electron chi connectivity index (χ1n) is 5.06. The minimum absolute atomic E-state index is 0.367. The molecule has 14 heavy (non-hydrogen) atoms. The molecule has 0 spiro atoms. The summed E-state index contributed by atoms with van der Waals surface area (Å²) in [6.45, 7) is 2.74. The van der Waals surface area contributed by atoms with E-state index in [1.807, 2.05) is 6.07 Å². The second-order valence-corrected chi connectivity index (χ2v) is 3.59. The number of rotatable bonds is 3. The molecule has 0 radical (unpaired) electrons. The smallest absolute Gasteiger partial charge is 0.0477 e. The zero-order valence-corrected chi connectivity index (χ0v) is 8.26. The molecule has 0 bridgehead atoms. The Balaban J connectivity index is 2.13. The van der Waals surface area contributed by atoms with Gasteiger partial charge in [-0.15, -0.1) is 0 Å². The molecule has 0 amide bonds. The van der Waals surface area contributed by atoms with Crippen molar-refractivity contribution in [2.24, 2.45) is 5.73 Å². The van der Waals surface area contributed by atoms with Crippen molar-refractivity contribution in [2.75, 3.05) is 19.6 Å². The summed E-state index contributed by atoms with van der Waals surface area (Å²) >= 11 is 0. The van der Waals surface area contributed by atoms with E-state index in [2.05, 4.69) is 41.3 Å². The van der Waals surface area contributed by atoms with E-state index in [0.717, 1.165) is 13.1 Å². The molecule has 0 unspecified atom stereocenters. The third-order valence-corrected chi connectivity index (χ3v) is 2.69. The number of nitrogens with two attached hydrogens (primary N) is 1. The van der Waals surface area contributed by atoms with Gasteiger partial charge in [0, 0.05) is 25.7 Å². The van der Waals surface area contributed by atoms with Gasteiger partial charge >= 0.3 is 0 Å². The molecule has 74 valence electrons. The highest BCUT2D eigenvalue weighted by atomic mass is 15.2. The first-order valence-corrected chi connectivity index (χ1v) is 5.06. The van der Waals surface area contributed by atoms with Crippen molar-refractivity contribution in [3.63, 3.8) is 0 Å². The predicted octanol–water partition coefficient (Wildman–Crippen LogP) is 1.56. The lowest BCUT2D eigenvalue weighted by Crippen LogP contribution is -2.31. The minimum Gasteiger partial charge on any atom is -0.329 e. The Labute approximate surface area is 85.0 Å². The van der Waals surface area contributed by atoms with Gasteiger partial charge in [0.15, 0.2) is 0 Å². The Morgan fingerprint density at radius 1 is 1.14 bits per heavy atom. The van der Waals surface area contributed by atoms with E-state index in [1.165, 1.54) is 5.56 Å². The van der Waals surface area contributed by atoms with Gasteiger partial charge in [-0.25, -0.2) is 0 Å². The molecule has 1 atom stereocenters. The first kappa shape index (κ1) is 9.44. The number of nitrogens with zero attached hydrogens (tertiary/aromatic N) is 1. The molecule has 2 nitrogen and oxygen atoms in total. The lowest BCUT2D eigenvalue weighted by Gasteiger charge is -2.26. The van der Waals surface area contributed by atoms with Gasteiger partial charge in [0.05, 0.1) is 0 Å². The number of benzene rings is 1. The van der Waals surface area contributed by atoms with Crippen molar-refractivity contribution >= 4 is 0 Å². The van der Waals surface area contributed by atoms with E-state index < -0.39 is 0 Å². The van der Waals surface area contributed by atoms with E-state index in [9.17, 15) is 0 Å². The quantitative estimate of drug-likeness (QED) is 0.729. The maximum absolute atomic E-state index is 5.82. The molecule has 0 fully saturated rings. The topological polar surface area (TPSA) is 29.3 Å². The summed E-state index contributed by atoms with van der Waals surface area (Å²) < 4.78 is 0. The average molecular weight is 188 g/mol. The van der Waals surface area contributed by atoms with Gasteiger partial charge in [-0.05, 0) is 5.56 Å². The summed E-state index contributed by atoms with van der Waals surface area (Å²) in [7, 11) is 0. The van der Waals surface area contributed by atoms with E-state index in [-0.39, 0.29) is 0 Å². The van der Waals surface area contributed by atoms with Crippen LogP contribution in [0.25, 0.3) is 0 Å². The summed E-state index contributed by atoms with van der Waals surface area (Å²) in [5, 5.41) is 0. The predicted molar refractivity (Wildman–Crippen MR) is 59.0 cm³/mol. The van der Waals surface area contributed by atoms with Crippen LogP contribution in [0.1, 0.15) is 11.6 Å². The van der Waals surface area contributed by atoms with Crippen LogP contribution in [0.15, 0.2) is 42.5 Å². The van der Waals surface area contributed by atoms with E-state index in [1.54, 1.807) is 0 Å². The van der Waals surface area contributed by atoms with Crippen LogP contribution < -0.4 is 5.73 Å². The van der Waals surface area contributed by atoms with Crippen molar-refractivity contribution in [3.05, 3.63) is 48.0 Å². The molecule has 2 N–H and O–H groups in total. The second-order valence-electron chi connectivity index (χ2n) is 3.59. The fourth-order valence-electron chi connectivity index (χ4n) is 1.92. The summed E-state index contributed by atoms with van der Waals surface area (Å²) in [6, 6.07) is 10.8. The minimum atomic E-state index is 0.367. The SMILES string of the molecule is NC[C@H](c1ccccc1)N1CC=CC1. The van der Waals surface area contributed by atoms with Gasteiger partial charge in [-0.3, -0.25) is 4.90 Å². The van der Waals surface area contributed by atoms with Gasteiger partial charge in [-0.2, -0.15) is 0 Å². The van der Waals surface area contributed by atoms with Crippen LogP contribution in [0.5, 0.6) is 0 Å². The Kier molecular flexibility index (Phi) is 2.96. The second kappa shape index (κ2) is 4.40. The summed E-state index contributed by atoms with van der Waals surface area (Å²) in [4.78, 5) is 2.38. The molecule has 2 rings (SSSR count). The van der Waals surface area contributed by atoms with Crippen LogP contribution in [0.3, 0.4) is 0 Å². The van der Waals surface area contributed by atoms with E-state index in [4.69, 9.17) is 5.73 Å². The van der Waals surface area contributed by atoms with Crippen molar-refractivity contribution in [1.29, 1.82) is 0 Å². The Morgan fingerprint density at radius 2 is 1.79 bits per heavy atom. The van der Waals surface area contributed by atoms with E-state index >= 15 is 0 Å². The fourth-order valence-corrected chi connectivity index (χ4v) is 1.92. The largest absolute Gasteiger partial charge is 0.329 e. The van der Waals surface area contributed by atoms with Crippen molar-refractivity contribution in [3.8, 4) is 0 Å². The molecule has 2 heteroatoms. The van der Waals surface area contributed by atoms with Crippen molar-refractivity contribution in [1.82, 2.24) is 4.90 Å². The highest BCUT2D eigenvalue weighted by Gasteiger charge is 2.18. The molecule has 0 saturated carbocycles. The van der Waals surface area contributed by atoms with Crippen LogP contribution in [0.4, 0.5) is 0 Å². The number of hydrogen-bond acceptors (Lipinski definition) is 2. The van der Waals surface area contributed by atoms with Gasteiger partial charge < -0.3 is 5.73 Å². The van der Waals surface area contributed by atoms with E-state index in [0.29, 0.717) is 12.6 Å². The zero-order chi connectivity index (χ0) is 9.80. The number of hydrogen-bond donors (Lipinski definition) is 1. The zero-order valence-electron chi connectivity index (χ0n) is 8.26. The van der Waals surface area contributed by atoms with Crippen LogP contribution in [-0.2, 0) is 0 Å². The van der Waals surface area contributed by atoms with Crippen LogP contribution in [0, 0.1) is 0 Å². The molecule has 1 aromatic carbocycles. The maximum atomic E-state index is 5.82. The lowest BCUT2D eigenvalue weighted by molar-refractivity contribution is 0.262. The molecule has 0 aromatic heterocycles. The Hall–Kier alpha value is -1.12. The Morgan fingerprint density at radius 3 is 2.36 bits per heavy atom. The maximum Gasteiger partial charge on any atom is 0.0477 e. The van der Waals surface area contributed by atoms with Gasteiger partial charge in [0.1, 0.15) is 0 Å². The monoisotopic (exact) mass is 188 g/mol. The third kappa shape index (κ3) is 1.86. The third-order valence-electron chi connectivity index (χ3n) is 2.69. The van der Waals surface area contributed by atoms with Gasteiger partial charge in [0.2, 0.25) is 0 Å². The summed E-state index contributed by atoms with van der Waals surface area (Å²) in [6.07, 6.45) is 4.40. The highest BCUT2D eigenvalue weighted by Crippen LogP contribution is 2.20. The molecule has 0 aliphatic carbocycles. The molecule has 1 aliphatic heterocycles. The molecular formula is C12H16N2. The summed E-state index contributed by atoms with van der Waals surface area (Å²) in [5.74, 6) is 0. The summed E-state index contributed by atoms with van der Waals surface area (Å²) in [5.41, 5.74) is 7.13. The normalized spacial score (nSPS) is 18.6. The van der Waals surface area contributed by atoms with Crippen molar-refractivity contribution < 1.29 is 0 Å². The van der Waals surface area contributed by atoms with Crippen LogP contribution in [0.2, 0.25) is 0 Å². The first-order chi connectivity index (χ1) is 6.92. The Bertz CT molecular complexity index is 297. The standard InChI is InChI=1S/C12H16N2/c13-10-12(14-8-4-5-9-14)11-6-2-1-3-7-11/h1-7,12H,8-10,13H2/t12-/m1/s1. The van der Waals surface area contributed by atoms with Gasteiger partial charge in [-0.1, -0.05) is 42.5 Å².